The van der Waals surface area contributed by atoms with Crippen molar-refractivity contribution in [2.24, 2.45) is 5.92 Å². The van der Waals surface area contributed by atoms with Crippen LogP contribution in [0.25, 0.3) is 10.9 Å². The number of fused-ring (bicyclic) bond motifs is 1. The molecule has 0 aliphatic carbocycles. The highest BCUT2D eigenvalue weighted by Gasteiger charge is 2.17. The fraction of sp³-hybridized carbons (Fsp3) is 0.467. The standard InChI is InChI=1S/C15H19ClN2O/c1-4-12(16)14-17-13-8-6-5-7-11(13)15(19)18(14)9-10(2)3/h5-8,10,12H,4,9H2,1-3H3. The van der Waals surface area contributed by atoms with E-state index in [1.165, 1.54) is 0 Å². The Morgan fingerprint density at radius 3 is 2.63 bits per heavy atom. The van der Waals surface area contributed by atoms with Gasteiger partial charge < -0.3 is 0 Å². The maximum atomic E-state index is 12.6. The van der Waals surface area contributed by atoms with Crippen molar-refractivity contribution in [1.82, 2.24) is 9.55 Å². The van der Waals surface area contributed by atoms with Crippen molar-refractivity contribution in [2.45, 2.75) is 39.1 Å². The summed E-state index contributed by atoms with van der Waals surface area (Å²) in [5.74, 6) is 1.06. The molecule has 0 aliphatic rings. The number of benzene rings is 1. The summed E-state index contributed by atoms with van der Waals surface area (Å²) in [5, 5.41) is 0.433. The summed E-state index contributed by atoms with van der Waals surface area (Å²) in [5.41, 5.74) is 0.731. The summed E-state index contributed by atoms with van der Waals surface area (Å²) in [6, 6.07) is 7.43. The molecule has 0 amide bonds. The average Bonchev–Trinajstić information content (AvgIpc) is 2.40. The second-order valence-electron chi connectivity index (χ2n) is 5.17. The number of alkyl halides is 1. The van der Waals surface area contributed by atoms with E-state index in [0.717, 1.165) is 11.9 Å². The Morgan fingerprint density at radius 1 is 1.32 bits per heavy atom. The number of nitrogens with zero attached hydrogens (tertiary/aromatic N) is 2. The lowest BCUT2D eigenvalue weighted by atomic mass is 10.2. The first-order valence-electron chi connectivity index (χ1n) is 6.68. The maximum absolute atomic E-state index is 12.6. The van der Waals surface area contributed by atoms with Crippen molar-refractivity contribution in [3.8, 4) is 0 Å². The van der Waals surface area contributed by atoms with Gasteiger partial charge in [-0.3, -0.25) is 9.36 Å². The van der Waals surface area contributed by atoms with Crippen LogP contribution < -0.4 is 5.56 Å². The van der Waals surface area contributed by atoms with Crippen LogP contribution in [0.4, 0.5) is 0 Å². The molecule has 0 fully saturated rings. The van der Waals surface area contributed by atoms with E-state index in [-0.39, 0.29) is 10.9 Å². The highest BCUT2D eigenvalue weighted by molar-refractivity contribution is 6.20. The largest absolute Gasteiger partial charge is 0.295 e. The van der Waals surface area contributed by atoms with Gasteiger partial charge >= 0.3 is 0 Å². The summed E-state index contributed by atoms with van der Waals surface area (Å²) in [6.07, 6.45) is 0.754. The van der Waals surface area contributed by atoms with Crippen LogP contribution in [0.2, 0.25) is 0 Å². The van der Waals surface area contributed by atoms with E-state index >= 15 is 0 Å². The van der Waals surface area contributed by atoms with Gasteiger partial charge in [-0.15, -0.1) is 11.6 Å². The van der Waals surface area contributed by atoms with Gasteiger partial charge in [0.05, 0.1) is 16.3 Å². The van der Waals surface area contributed by atoms with E-state index < -0.39 is 0 Å². The van der Waals surface area contributed by atoms with Crippen molar-refractivity contribution >= 4 is 22.5 Å². The van der Waals surface area contributed by atoms with Crippen LogP contribution in [0.3, 0.4) is 0 Å². The molecule has 1 atom stereocenters. The molecule has 19 heavy (non-hydrogen) atoms. The van der Waals surface area contributed by atoms with E-state index in [0.29, 0.717) is 23.7 Å². The van der Waals surface area contributed by atoms with Crippen molar-refractivity contribution in [3.63, 3.8) is 0 Å². The maximum Gasteiger partial charge on any atom is 0.261 e. The van der Waals surface area contributed by atoms with Crippen molar-refractivity contribution < 1.29 is 0 Å². The highest BCUT2D eigenvalue weighted by atomic mass is 35.5. The van der Waals surface area contributed by atoms with Gasteiger partial charge in [0, 0.05) is 6.54 Å². The molecule has 1 aromatic heterocycles. The Balaban J connectivity index is 2.73. The van der Waals surface area contributed by atoms with Crippen LogP contribution in [0, 0.1) is 5.92 Å². The molecule has 0 N–H and O–H groups in total. The van der Waals surface area contributed by atoms with Gasteiger partial charge in [0.1, 0.15) is 5.82 Å². The lowest BCUT2D eigenvalue weighted by Crippen LogP contribution is -2.28. The van der Waals surface area contributed by atoms with E-state index in [4.69, 9.17) is 11.6 Å². The molecular weight excluding hydrogens is 260 g/mol. The molecule has 0 bridgehead atoms. The highest BCUT2D eigenvalue weighted by Crippen LogP contribution is 2.23. The molecule has 0 radical (unpaired) electrons. The number of para-hydroxylation sites is 1. The molecule has 4 heteroatoms. The molecule has 2 rings (SSSR count). The van der Waals surface area contributed by atoms with Gasteiger partial charge in [0.15, 0.2) is 0 Å². The smallest absolute Gasteiger partial charge is 0.261 e. The Labute approximate surface area is 118 Å². The zero-order chi connectivity index (χ0) is 14.0. The SMILES string of the molecule is CCC(Cl)c1nc2ccccc2c(=O)n1CC(C)C. The van der Waals surface area contributed by atoms with Crippen molar-refractivity contribution in [2.75, 3.05) is 0 Å². The minimum absolute atomic E-state index is 0.00778. The van der Waals surface area contributed by atoms with Gasteiger partial charge in [0.2, 0.25) is 0 Å². The molecule has 102 valence electrons. The third kappa shape index (κ3) is 2.81. The van der Waals surface area contributed by atoms with Crippen LogP contribution in [0.15, 0.2) is 29.1 Å². The molecule has 0 saturated carbocycles. The monoisotopic (exact) mass is 278 g/mol. The normalized spacial score (nSPS) is 13.1. The first-order chi connectivity index (χ1) is 9.04. The Hall–Kier alpha value is -1.35. The number of hydrogen-bond donors (Lipinski definition) is 0. The van der Waals surface area contributed by atoms with Gasteiger partial charge in [-0.1, -0.05) is 32.9 Å². The molecule has 3 nitrogen and oxygen atoms in total. The van der Waals surface area contributed by atoms with Gasteiger partial charge in [0.25, 0.3) is 5.56 Å². The number of halogens is 1. The zero-order valence-electron chi connectivity index (χ0n) is 11.6. The zero-order valence-corrected chi connectivity index (χ0v) is 12.3. The molecule has 1 aromatic carbocycles. The summed E-state index contributed by atoms with van der Waals surface area (Å²) >= 11 is 6.33. The van der Waals surface area contributed by atoms with Crippen LogP contribution >= 0.6 is 11.6 Å². The molecule has 2 aromatic rings. The number of hydrogen-bond acceptors (Lipinski definition) is 2. The summed E-state index contributed by atoms with van der Waals surface area (Å²) in [7, 11) is 0. The van der Waals surface area contributed by atoms with Crippen LogP contribution in [-0.4, -0.2) is 9.55 Å². The second kappa shape index (κ2) is 5.74. The molecule has 0 spiro atoms. The van der Waals surface area contributed by atoms with E-state index in [1.807, 2.05) is 31.2 Å². The number of aromatic nitrogens is 2. The molecule has 0 aliphatic heterocycles. The molecule has 0 saturated heterocycles. The Morgan fingerprint density at radius 2 is 2.00 bits per heavy atom. The predicted molar refractivity (Wildman–Crippen MR) is 79.7 cm³/mol. The summed E-state index contributed by atoms with van der Waals surface area (Å²) in [6.45, 7) is 6.81. The van der Waals surface area contributed by atoms with E-state index in [1.54, 1.807) is 4.57 Å². The average molecular weight is 279 g/mol. The Bertz CT molecular complexity index is 634. The molecular formula is C15H19ClN2O. The first kappa shape index (κ1) is 14.1. The third-order valence-corrected chi connectivity index (χ3v) is 3.58. The summed E-state index contributed by atoms with van der Waals surface area (Å²) in [4.78, 5) is 17.2. The van der Waals surface area contributed by atoms with Crippen LogP contribution in [0.5, 0.6) is 0 Å². The quantitative estimate of drug-likeness (QED) is 0.799. The van der Waals surface area contributed by atoms with Crippen molar-refractivity contribution in [1.29, 1.82) is 0 Å². The predicted octanol–water partition coefficient (Wildman–Crippen LogP) is 3.74. The lowest BCUT2D eigenvalue weighted by Gasteiger charge is -2.17. The topological polar surface area (TPSA) is 34.9 Å². The second-order valence-corrected chi connectivity index (χ2v) is 5.70. The van der Waals surface area contributed by atoms with Crippen LogP contribution in [-0.2, 0) is 6.54 Å². The number of rotatable bonds is 4. The minimum atomic E-state index is -0.226. The first-order valence-corrected chi connectivity index (χ1v) is 7.11. The fourth-order valence-corrected chi connectivity index (χ4v) is 2.32. The molecule has 1 unspecified atom stereocenters. The Kier molecular flexibility index (Phi) is 4.25. The lowest BCUT2D eigenvalue weighted by molar-refractivity contribution is 0.486. The summed E-state index contributed by atoms with van der Waals surface area (Å²) < 4.78 is 1.73. The van der Waals surface area contributed by atoms with Crippen LogP contribution in [0.1, 0.15) is 38.4 Å². The third-order valence-electron chi connectivity index (χ3n) is 3.08. The van der Waals surface area contributed by atoms with E-state index in [9.17, 15) is 4.79 Å². The van der Waals surface area contributed by atoms with E-state index in [2.05, 4.69) is 18.8 Å². The minimum Gasteiger partial charge on any atom is -0.295 e. The van der Waals surface area contributed by atoms with Gasteiger partial charge in [-0.05, 0) is 24.5 Å². The fourth-order valence-electron chi connectivity index (χ4n) is 2.15. The van der Waals surface area contributed by atoms with Gasteiger partial charge in [-0.2, -0.15) is 0 Å². The van der Waals surface area contributed by atoms with Crippen molar-refractivity contribution in [3.05, 3.63) is 40.4 Å². The molecule has 1 heterocycles. The van der Waals surface area contributed by atoms with Gasteiger partial charge in [-0.25, -0.2) is 4.98 Å².